The molecule has 2 amide bonds. The molecule has 1 heterocycles. The van der Waals surface area contributed by atoms with Crippen molar-refractivity contribution in [1.29, 1.82) is 0 Å². The van der Waals surface area contributed by atoms with Crippen LogP contribution in [0, 0.1) is 0 Å². The highest BCUT2D eigenvalue weighted by atomic mass is 32.1. The number of nitrogens with zero attached hydrogens (tertiary/aromatic N) is 1. The number of fused-ring (bicyclic) bond motifs is 1. The summed E-state index contributed by atoms with van der Waals surface area (Å²) in [4.78, 5) is 25.5. The predicted molar refractivity (Wildman–Crippen MR) is 100 cm³/mol. The zero-order valence-corrected chi connectivity index (χ0v) is 15.1. The largest absolute Gasteiger partial charge is 0.507 e. The van der Waals surface area contributed by atoms with Crippen LogP contribution in [-0.4, -0.2) is 29.9 Å². The molecule has 0 saturated carbocycles. The number of thiophene rings is 1. The standard InChI is InChI=1S/C18H19N3O4S/c1-2-25-17(23)15-12-7-5-9-14(12)26-16(15)20-18(24)21-19-10-11-6-3-4-8-13(11)22/h3-4,6,8,10,22H,2,5,7,9H2,1H3,(H2,20,21,24). The lowest BCUT2D eigenvalue weighted by Crippen LogP contribution is -2.25. The van der Waals surface area contributed by atoms with Crippen molar-refractivity contribution in [1.82, 2.24) is 5.43 Å². The molecule has 0 spiro atoms. The van der Waals surface area contributed by atoms with Crippen molar-refractivity contribution in [2.75, 3.05) is 11.9 Å². The zero-order chi connectivity index (χ0) is 18.5. The first kappa shape index (κ1) is 17.9. The Balaban J connectivity index is 1.70. The molecule has 0 aliphatic heterocycles. The van der Waals surface area contributed by atoms with Crippen LogP contribution < -0.4 is 10.7 Å². The molecule has 0 bridgehead atoms. The highest BCUT2D eigenvalue weighted by molar-refractivity contribution is 7.17. The third kappa shape index (κ3) is 3.85. The number of aromatic hydroxyl groups is 1. The van der Waals surface area contributed by atoms with E-state index in [1.807, 2.05) is 0 Å². The number of anilines is 1. The SMILES string of the molecule is CCOC(=O)c1c(NC(=O)NN=Cc2ccccc2O)sc2c1CCC2. The Morgan fingerprint density at radius 3 is 2.92 bits per heavy atom. The Morgan fingerprint density at radius 2 is 2.15 bits per heavy atom. The number of rotatable bonds is 5. The van der Waals surface area contributed by atoms with E-state index in [9.17, 15) is 14.7 Å². The number of nitrogens with one attached hydrogen (secondary N) is 2. The molecule has 1 aromatic heterocycles. The Kier molecular flexibility index (Phi) is 5.52. The molecule has 0 atom stereocenters. The number of esters is 1. The quantitative estimate of drug-likeness (QED) is 0.425. The van der Waals surface area contributed by atoms with E-state index in [2.05, 4.69) is 15.8 Å². The average molecular weight is 373 g/mol. The van der Waals surface area contributed by atoms with Gasteiger partial charge in [-0.3, -0.25) is 5.32 Å². The van der Waals surface area contributed by atoms with Gasteiger partial charge in [0.15, 0.2) is 0 Å². The van der Waals surface area contributed by atoms with Gasteiger partial charge in [-0.2, -0.15) is 5.10 Å². The van der Waals surface area contributed by atoms with Crippen LogP contribution in [0.2, 0.25) is 0 Å². The van der Waals surface area contributed by atoms with Crippen LogP contribution in [0.1, 0.15) is 39.7 Å². The van der Waals surface area contributed by atoms with E-state index >= 15 is 0 Å². The third-order valence-corrected chi connectivity index (χ3v) is 5.14. The second-order valence-electron chi connectivity index (χ2n) is 5.66. The molecular formula is C18H19N3O4S. The van der Waals surface area contributed by atoms with Crippen molar-refractivity contribution >= 4 is 34.6 Å². The number of hydrazone groups is 1. The fraction of sp³-hybridized carbons (Fsp3) is 0.278. The maximum absolute atomic E-state index is 12.3. The van der Waals surface area contributed by atoms with Crippen molar-refractivity contribution < 1.29 is 19.4 Å². The number of phenols is 1. The maximum atomic E-state index is 12.3. The minimum Gasteiger partial charge on any atom is -0.507 e. The van der Waals surface area contributed by atoms with E-state index in [4.69, 9.17) is 4.74 Å². The minimum absolute atomic E-state index is 0.0673. The highest BCUT2D eigenvalue weighted by Gasteiger charge is 2.28. The molecular weight excluding hydrogens is 354 g/mol. The van der Waals surface area contributed by atoms with Gasteiger partial charge in [-0.1, -0.05) is 12.1 Å². The van der Waals surface area contributed by atoms with Gasteiger partial charge in [-0.05, 0) is 43.9 Å². The van der Waals surface area contributed by atoms with E-state index in [0.717, 1.165) is 29.7 Å². The number of urea groups is 1. The molecule has 136 valence electrons. The number of carbonyl (C=O) groups is 2. The number of phenolic OH excluding ortho intramolecular Hbond substituents is 1. The molecule has 0 radical (unpaired) electrons. The van der Waals surface area contributed by atoms with E-state index in [1.54, 1.807) is 25.1 Å². The number of benzene rings is 1. The van der Waals surface area contributed by atoms with Crippen LogP contribution >= 0.6 is 11.3 Å². The molecule has 0 fully saturated rings. The van der Waals surface area contributed by atoms with Crippen molar-refractivity contribution in [3.63, 3.8) is 0 Å². The van der Waals surface area contributed by atoms with Crippen molar-refractivity contribution in [3.05, 3.63) is 45.8 Å². The van der Waals surface area contributed by atoms with Crippen LogP contribution in [0.15, 0.2) is 29.4 Å². The first-order valence-corrected chi connectivity index (χ1v) is 9.11. The number of hydrogen-bond donors (Lipinski definition) is 3. The molecule has 3 rings (SSSR count). The van der Waals surface area contributed by atoms with Gasteiger partial charge in [0, 0.05) is 10.4 Å². The summed E-state index contributed by atoms with van der Waals surface area (Å²) in [5, 5.41) is 16.6. The molecule has 0 saturated heterocycles. The molecule has 2 aromatic rings. The summed E-state index contributed by atoms with van der Waals surface area (Å²) in [6.07, 6.45) is 4.07. The van der Waals surface area contributed by atoms with Gasteiger partial charge >= 0.3 is 12.0 Å². The lowest BCUT2D eigenvalue weighted by atomic mass is 10.1. The fourth-order valence-electron chi connectivity index (χ4n) is 2.80. The van der Waals surface area contributed by atoms with Gasteiger partial charge < -0.3 is 9.84 Å². The molecule has 1 aliphatic rings. The number of ether oxygens (including phenoxy) is 1. The normalized spacial score (nSPS) is 12.8. The maximum Gasteiger partial charge on any atom is 0.341 e. The number of aryl methyl sites for hydroxylation is 1. The summed E-state index contributed by atoms with van der Waals surface area (Å²) in [5.41, 5.74) is 4.24. The second kappa shape index (κ2) is 8.01. The van der Waals surface area contributed by atoms with Gasteiger partial charge in [0.2, 0.25) is 0 Å². The van der Waals surface area contributed by atoms with Gasteiger partial charge in [0.05, 0.1) is 18.4 Å². The smallest absolute Gasteiger partial charge is 0.341 e. The summed E-state index contributed by atoms with van der Waals surface area (Å²) in [7, 11) is 0. The van der Waals surface area contributed by atoms with Crippen LogP contribution in [0.3, 0.4) is 0 Å². The molecule has 8 heteroatoms. The lowest BCUT2D eigenvalue weighted by molar-refractivity contribution is 0.0527. The van der Waals surface area contributed by atoms with Crippen LogP contribution in [0.5, 0.6) is 5.75 Å². The summed E-state index contributed by atoms with van der Waals surface area (Å²) in [6.45, 7) is 2.03. The van der Waals surface area contributed by atoms with Crippen LogP contribution in [0.25, 0.3) is 0 Å². The van der Waals surface area contributed by atoms with E-state index < -0.39 is 12.0 Å². The van der Waals surface area contributed by atoms with Gasteiger partial charge in [0.25, 0.3) is 0 Å². The van der Waals surface area contributed by atoms with E-state index in [1.165, 1.54) is 23.6 Å². The number of para-hydroxylation sites is 1. The second-order valence-corrected chi connectivity index (χ2v) is 6.77. The summed E-state index contributed by atoms with van der Waals surface area (Å²) < 4.78 is 5.12. The van der Waals surface area contributed by atoms with Gasteiger partial charge in [0.1, 0.15) is 10.8 Å². The Morgan fingerprint density at radius 1 is 1.35 bits per heavy atom. The highest BCUT2D eigenvalue weighted by Crippen LogP contribution is 2.39. The molecule has 0 unspecified atom stereocenters. The Hall–Kier alpha value is -2.87. The summed E-state index contributed by atoms with van der Waals surface area (Å²) >= 11 is 1.40. The average Bonchev–Trinajstić information content (AvgIpc) is 3.17. The fourth-order valence-corrected chi connectivity index (χ4v) is 4.07. The number of carbonyl (C=O) groups excluding carboxylic acids is 2. The van der Waals surface area contributed by atoms with Gasteiger partial charge in [-0.25, -0.2) is 15.0 Å². The summed E-state index contributed by atoms with van der Waals surface area (Å²) in [6, 6.07) is 6.07. The topological polar surface area (TPSA) is 100 Å². The number of hydrogen-bond acceptors (Lipinski definition) is 6. The first-order valence-electron chi connectivity index (χ1n) is 8.29. The molecule has 1 aliphatic carbocycles. The van der Waals surface area contributed by atoms with Crippen molar-refractivity contribution in [2.45, 2.75) is 26.2 Å². The zero-order valence-electron chi connectivity index (χ0n) is 14.2. The van der Waals surface area contributed by atoms with Crippen LogP contribution in [-0.2, 0) is 17.6 Å². The third-order valence-electron chi connectivity index (χ3n) is 3.93. The van der Waals surface area contributed by atoms with E-state index in [-0.39, 0.29) is 12.4 Å². The molecule has 26 heavy (non-hydrogen) atoms. The molecule has 3 N–H and O–H groups in total. The Labute approximate surface area is 154 Å². The van der Waals surface area contributed by atoms with Crippen molar-refractivity contribution in [2.24, 2.45) is 5.10 Å². The monoisotopic (exact) mass is 373 g/mol. The van der Waals surface area contributed by atoms with Crippen molar-refractivity contribution in [3.8, 4) is 5.75 Å². The van der Waals surface area contributed by atoms with Gasteiger partial charge in [-0.15, -0.1) is 11.3 Å². The predicted octanol–water partition coefficient (Wildman–Crippen LogP) is 3.27. The lowest BCUT2D eigenvalue weighted by Gasteiger charge is -2.07. The first-order chi connectivity index (χ1) is 12.6. The van der Waals surface area contributed by atoms with E-state index in [0.29, 0.717) is 16.1 Å². The molecule has 1 aromatic carbocycles. The Bertz CT molecular complexity index is 860. The van der Waals surface area contributed by atoms with Crippen LogP contribution in [0.4, 0.5) is 9.80 Å². The number of amides is 2. The summed E-state index contributed by atoms with van der Waals surface area (Å²) in [5.74, 6) is -0.349. The minimum atomic E-state index is -0.567. The molecule has 7 nitrogen and oxygen atoms in total.